The smallest absolute Gasteiger partial charge is 0.275 e. The van der Waals surface area contributed by atoms with E-state index in [2.05, 4.69) is 10.2 Å². The first kappa shape index (κ1) is 27.4. The number of hydrogen-bond donors (Lipinski definition) is 1. The molecule has 0 radical (unpaired) electrons. The molecule has 0 saturated carbocycles. The number of amides is 2. The van der Waals surface area contributed by atoms with Crippen LogP contribution >= 0.6 is 11.3 Å². The van der Waals surface area contributed by atoms with Gasteiger partial charge in [0.15, 0.2) is 16.5 Å². The molecule has 0 unspecified atom stereocenters. The van der Waals surface area contributed by atoms with E-state index in [1.54, 1.807) is 30.7 Å². The van der Waals surface area contributed by atoms with E-state index in [4.69, 9.17) is 0 Å². The highest BCUT2D eigenvalue weighted by molar-refractivity contribution is 7.14. The molecule has 1 aromatic carbocycles. The zero-order chi connectivity index (χ0) is 27.9. The molecule has 0 fully saturated rings. The van der Waals surface area contributed by atoms with Crippen molar-refractivity contribution in [2.45, 2.75) is 52.7 Å². The molecule has 1 N–H and O–H groups in total. The standard InChI is InChI=1S/C26H29F2N5O4S/c1-13(2)25(36)31(5)10-17-11-32-12-18(22(34)23(35)21(32)26(37)33(17)14(3)4)24-30-29-20(38-24)8-15-6-7-16(27)9-19(15)28/h6-7,9,12-14,17,35H,8,10-11H2,1-5H3/t17-/m1/s1. The highest BCUT2D eigenvalue weighted by atomic mass is 32.1. The van der Waals surface area contributed by atoms with Crippen molar-refractivity contribution in [3.63, 3.8) is 0 Å². The number of rotatable bonds is 7. The second-order valence-electron chi connectivity index (χ2n) is 9.97. The Morgan fingerprint density at radius 2 is 1.92 bits per heavy atom. The second-order valence-corrected chi connectivity index (χ2v) is 11.0. The fourth-order valence-corrected chi connectivity index (χ4v) is 5.55. The fraction of sp³-hybridized carbons (Fsp3) is 0.423. The first-order chi connectivity index (χ1) is 17.9. The van der Waals surface area contributed by atoms with E-state index in [0.29, 0.717) is 5.01 Å². The molecule has 1 atom stereocenters. The number of aromatic nitrogens is 3. The van der Waals surface area contributed by atoms with E-state index in [9.17, 15) is 28.3 Å². The molecular weight excluding hydrogens is 516 g/mol. The van der Waals surface area contributed by atoms with E-state index in [1.807, 2.05) is 13.8 Å². The highest BCUT2D eigenvalue weighted by Crippen LogP contribution is 2.30. The average Bonchev–Trinajstić information content (AvgIpc) is 3.30. The number of likely N-dealkylation sites (N-methyl/N-ethyl adjacent to an activating group) is 1. The quantitative estimate of drug-likeness (QED) is 0.488. The van der Waals surface area contributed by atoms with Crippen LogP contribution < -0.4 is 5.43 Å². The SMILES string of the molecule is CC(C)C(=O)N(C)C[C@@H]1Cn2cc(-c3nnc(Cc4ccc(F)cc4F)s3)c(=O)c(O)c2C(=O)N1C(C)C. The summed E-state index contributed by atoms with van der Waals surface area (Å²) in [6.07, 6.45) is 1.51. The lowest BCUT2D eigenvalue weighted by Crippen LogP contribution is -2.56. The summed E-state index contributed by atoms with van der Waals surface area (Å²) in [4.78, 5) is 42.2. The van der Waals surface area contributed by atoms with E-state index in [-0.39, 0.29) is 59.2 Å². The third-order valence-electron chi connectivity index (χ3n) is 6.46. The lowest BCUT2D eigenvalue weighted by atomic mass is 10.0. The van der Waals surface area contributed by atoms with E-state index in [0.717, 1.165) is 23.5 Å². The molecule has 3 aromatic rings. The number of carbonyl (C=O) groups is 2. The zero-order valence-electron chi connectivity index (χ0n) is 21.7. The summed E-state index contributed by atoms with van der Waals surface area (Å²) in [5.74, 6) is -2.87. The van der Waals surface area contributed by atoms with Crippen molar-refractivity contribution in [2.75, 3.05) is 13.6 Å². The van der Waals surface area contributed by atoms with E-state index >= 15 is 0 Å². The largest absolute Gasteiger partial charge is 0.503 e. The summed E-state index contributed by atoms with van der Waals surface area (Å²) < 4.78 is 28.8. The minimum atomic E-state index is -0.769. The Bertz CT molecular complexity index is 1450. The van der Waals surface area contributed by atoms with Crippen molar-refractivity contribution in [3.05, 3.63) is 62.5 Å². The van der Waals surface area contributed by atoms with Crippen LogP contribution in [-0.4, -0.2) is 67.2 Å². The minimum absolute atomic E-state index is 0.0438. The molecule has 202 valence electrons. The second kappa shape index (κ2) is 10.6. The average molecular weight is 546 g/mol. The maximum Gasteiger partial charge on any atom is 0.275 e. The molecule has 1 aliphatic heterocycles. The molecule has 0 saturated heterocycles. The van der Waals surface area contributed by atoms with Gasteiger partial charge >= 0.3 is 0 Å². The van der Waals surface area contributed by atoms with Gasteiger partial charge in [-0.25, -0.2) is 8.78 Å². The Kier molecular flexibility index (Phi) is 7.63. The number of carbonyl (C=O) groups excluding carboxylic acids is 2. The Morgan fingerprint density at radius 3 is 2.55 bits per heavy atom. The molecule has 0 aliphatic carbocycles. The van der Waals surface area contributed by atoms with Crippen molar-refractivity contribution >= 4 is 23.2 Å². The Hall–Kier alpha value is -3.67. The predicted molar refractivity (Wildman–Crippen MR) is 138 cm³/mol. The van der Waals surface area contributed by atoms with Crippen LogP contribution in [0.1, 0.15) is 48.8 Å². The Labute approximate surface area is 222 Å². The van der Waals surface area contributed by atoms with E-state index in [1.165, 1.54) is 16.8 Å². The van der Waals surface area contributed by atoms with Crippen LogP contribution in [0.4, 0.5) is 8.78 Å². The minimum Gasteiger partial charge on any atom is -0.503 e. The lowest BCUT2D eigenvalue weighted by Gasteiger charge is -2.42. The van der Waals surface area contributed by atoms with Gasteiger partial charge in [-0.1, -0.05) is 31.3 Å². The van der Waals surface area contributed by atoms with E-state index < -0.39 is 34.8 Å². The Balaban J connectivity index is 1.69. The number of benzene rings is 1. The molecule has 4 rings (SSSR count). The molecule has 12 heteroatoms. The van der Waals surface area contributed by atoms with Crippen molar-refractivity contribution in [3.8, 4) is 16.3 Å². The maximum absolute atomic E-state index is 14.1. The van der Waals surface area contributed by atoms with Gasteiger partial charge in [-0.15, -0.1) is 10.2 Å². The first-order valence-electron chi connectivity index (χ1n) is 12.2. The summed E-state index contributed by atoms with van der Waals surface area (Å²) in [5.41, 5.74) is -0.624. The van der Waals surface area contributed by atoms with Crippen LogP contribution in [0.2, 0.25) is 0 Å². The molecule has 9 nitrogen and oxygen atoms in total. The fourth-order valence-electron chi connectivity index (χ4n) is 4.68. The van der Waals surface area contributed by atoms with Gasteiger partial charge in [0, 0.05) is 50.8 Å². The van der Waals surface area contributed by atoms with Gasteiger partial charge in [-0.05, 0) is 25.5 Å². The van der Waals surface area contributed by atoms with Crippen molar-refractivity contribution in [1.29, 1.82) is 0 Å². The van der Waals surface area contributed by atoms with Crippen molar-refractivity contribution in [2.24, 2.45) is 5.92 Å². The number of fused-ring (bicyclic) bond motifs is 1. The Morgan fingerprint density at radius 1 is 1.21 bits per heavy atom. The summed E-state index contributed by atoms with van der Waals surface area (Å²) in [6.45, 7) is 7.78. The summed E-state index contributed by atoms with van der Waals surface area (Å²) in [5, 5.41) is 19.5. The number of aromatic hydroxyl groups is 1. The van der Waals surface area contributed by atoms with Gasteiger partial charge in [-0.2, -0.15) is 0 Å². The number of halogens is 2. The van der Waals surface area contributed by atoms with Crippen LogP contribution in [0.25, 0.3) is 10.6 Å². The zero-order valence-corrected chi connectivity index (χ0v) is 22.6. The van der Waals surface area contributed by atoms with Gasteiger partial charge in [0.25, 0.3) is 5.91 Å². The van der Waals surface area contributed by atoms with Crippen LogP contribution in [0, 0.1) is 17.6 Å². The number of hydrogen-bond acceptors (Lipinski definition) is 7. The summed E-state index contributed by atoms with van der Waals surface area (Å²) in [6, 6.07) is 2.61. The van der Waals surface area contributed by atoms with Gasteiger partial charge in [0.2, 0.25) is 11.3 Å². The predicted octanol–water partition coefficient (Wildman–Crippen LogP) is 3.29. The van der Waals surface area contributed by atoms with Gasteiger partial charge in [-0.3, -0.25) is 14.4 Å². The molecule has 3 heterocycles. The van der Waals surface area contributed by atoms with Crippen LogP contribution in [-0.2, 0) is 17.8 Å². The summed E-state index contributed by atoms with van der Waals surface area (Å²) in [7, 11) is 1.68. The number of pyridine rings is 1. The molecule has 0 bridgehead atoms. The summed E-state index contributed by atoms with van der Waals surface area (Å²) >= 11 is 1.04. The molecule has 0 spiro atoms. The lowest BCUT2D eigenvalue weighted by molar-refractivity contribution is -0.134. The molecule has 2 amide bonds. The normalized spacial score (nSPS) is 15.3. The maximum atomic E-state index is 14.1. The van der Waals surface area contributed by atoms with Crippen molar-refractivity contribution < 1.29 is 23.5 Å². The van der Waals surface area contributed by atoms with Gasteiger partial charge < -0.3 is 19.5 Å². The highest BCUT2D eigenvalue weighted by Gasteiger charge is 2.38. The third-order valence-corrected chi connectivity index (χ3v) is 7.42. The molecule has 2 aromatic heterocycles. The van der Waals surface area contributed by atoms with Crippen LogP contribution in [0.5, 0.6) is 5.75 Å². The third kappa shape index (κ3) is 5.17. The number of nitrogens with zero attached hydrogens (tertiary/aromatic N) is 5. The first-order valence-corrected chi connectivity index (χ1v) is 13.0. The van der Waals surface area contributed by atoms with Crippen LogP contribution in [0.15, 0.2) is 29.2 Å². The molecule has 38 heavy (non-hydrogen) atoms. The van der Waals surface area contributed by atoms with Gasteiger partial charge in [0.05, 0.1) is 11.6 Å². The van der Waals surface area contributed by atoms with Gasteiger partial charge in [0.1, 0.15) is 16.6 Å². The topological polar surface area (TPSA) is 109 Å². The monoisotopic (exact) mass is 545 g/mol. The molecule has 1 aliphatic rings. The van der Waals surface area contributed by atoms with Crippen LogP contribution in [0.3, 0.4) is 0 Å². The molecular formula is C26H29F2N5O4S. The van der Waals surface area contributed by atoms with Crippen molar-refractivity contribution in [1.82, 2.24) is 24.6 Å².